The van der Waals surface area contributed by atoms with Crippen LogP contribution in [0.5, 0.6) is 0 Å². The fraction of sp³-hybridized carbons (Fsp3) is 0.833. The summed E-state index contributed by atoms with van der Waals surface area (Å²) in [5, 5.41) is 7.33. The summed E-state index contributed by atoms with van der Waals surface area (Å²) in [6.45, 7) is 9.81. The molecule has 5 nitrogen and oxygen atoms in total. The normalized spacial score (nSPS) is 13.9. The van der Waals surface area contributed by atoms with Gasteiger partial charge in [0.05, 0.1) is 6.61 Å². The summed E-state index contributed by atoms with van der Waals surface area (Å²) in [7, 11) is 1.69. The maximum atomic E-state index is 5.26. The Morgan fingerprint density at radius 1 is 1.41 bits per heavy atom. The first-order valence-electron chi connectivity index (χ1n) is 6.02. The third-order valence-electron chi connectivity index (χ3n) is 2.42. The number of nitrogens with one attached hydrogen (secondary N) is 1. The number of aromatic nitrogens is 2. The maximum absolute atomic E-state index is 5.26. The van der Waals surface area contributed by atoms with Crippen LogP contribution < -0.4 is 5.32 Å². The van der Waals surface area contributed by atoms with E-state index in [-0.39, 0.29) is 11.5 Å². The zero-order valence-electron chi connectivity index (χ0n) is 11.4. The zero-order chi connectivity index (χ0) is 12.9. The van der Waals surface area contributed by atoms with E-state index in [9.17, 15) is 0 Å². The van der Waals surface area contributed by atoms with Crippen LogP contribution in [0.2, 0.25) is 0 Å². The van der Waals surface area contributed by atoms with Gasteiger partial charge in [0.25, 0.3) is 0 Å². The number of hydrogen-bond donors (Lipinski definition) is 1. The molecule has 0 aliphatic carbocycles. The van der Waals surface area contributed by atoms with E-state index < -0.39 is 0 Å². The number of likely N-dealkylation sites (N-methyl/N-ethyl adjacent to an activating group) is 1. The van der Waals surface area contributed by atoms with E-state index in [1.54, 1.807) is 7.11 Å². The van der Waals surface area contributed by atoms with E-state index in [0.29, 0.717) is 18.9 Å². The van der Waals surface area contributed by atoms with Gasteiger partial charge >= 0.3 is 0 Å². The first-order valence-corrected chi connectivity index (χ1v) is 6.02. The van der Waals surface area contributed by atoms with Gasteiger partial charge in [-0.1, -0.05) is 32.9 Å². The topological polar surface area (TPSA) is 60.2 Å². The summed E-state index contributed by atoms with van der Waals surface area (Å²) in [6.07, 6.45) is 0.699. The second kappa shape index (κ2) is 6.12. The minimum Gasteiger partial charge on any atom is -0.383 e. The number of ether oxygens (including phenoxy) is 1. The van der Waals surface area contributed by atoms with Crippen molar-refractivity contribution in [1.29, 1.82) is 0 Å². The smallest absolute Gasteiger partial charge is 0.228 e. The predicted octanol–water partition coefficient (Wildman–Crippen LogP) is 1.53. The molecule has 1 heterocycles. The van der Waals surface area contributed by atoms with Crippen molar-refractivity contribution in [2.24, 2.45) is 0 Å². The summed E-state index contributed by atoms with van der Waals surface area (Å²) < 4.78 is 10.4. The molecule has 17 heavy (non-hydrogen) atoms. The monoisotopic (exact) mass is 241 g/mol. The highest BCUT2D eigenvalue weighted by atomic mass is 16.5. The van der Waals surface area contributed by atoms with Gasteiger partial charge in [0.15, 0.2) is 5.82 Å². The van der Waals surface area contributed by atoms with Crippen molar-refractivity contribution >= 4 is 0 Å². The van der Waals surface area contributed by atoms with Crippen molar-refractivity contribution in [2.45, 2.75) is 45.6 Å². The largest absolute Gasteiger partial charge is 0.383 e. The molecule has 0 aliphatic rings. The minimum atomic E-state index is -0.0727. The molecular weight excluding hydrogens is 218 g/mol. The van der Waals surface area contributed by atoms with Gasteiger partial charge in [-0.05, 0) is 6.54 Å². The highest BCUT2D eigenvalue weighted by Crippen LogP contribution is 2.18. The Balaban J connectivity index is 2.63. The summed E-state index contributed by atoms with van der Waals surface area (Å²) in [5.41, 5.74) is -0.0727. The number of rotatable bonds is 6. The van der Waals surface area contributed by atoms with Gasteiger partial charge in [0.1, 0.15) is 0 Å². The Hall–Kier alpha value is -0.940. The molecule has 1 N–H and O–H groups in total. The van der Waals surface area contributed by atoms with Gasteiger partial charge in [0, 0.05) is 25.0 Å². The Kier molecular flexibility index (Phi) is 5.08. The molecule has 0 aromatic carbocycles. The third kappa shape index (κ3) is 4.44. The average molecular weight is 241 g/mol. The highest BCUT2D eigenvalue weighted by Gasteiger charge is 2.22. The Morgan fingerprint density at radius 3 is 2.59 bits per heavy atom. The molecule has 0 spiro atoms. The quantitative estimate of drug-likeness (QED) is 0.818. The molecule has 1 aromatic heterocycles. The highest BCUT2D eigenvalue weighted by molar-refractivity contribution is 5.00. The van der Waals surface area contributed by atoms with E-state index in [1.807, 2.05) is 0 Å². The Labute approximate surface area is 103 Å². The van der Waals surface area contributed by atoms with E-state index in [2.05, 4.69) is 43.2 Å². The van der Waals surface area contributed by atoms with Gasteiger partial charge in [-0.15, -0.1) is 0 Å². The van der Waals surface area contributed by atoms with Crippen LogP contribution in [0.25, 0.3) is 0 Å². The van der Waals surface area contributed by atoms with Crippen LogP contribution in [0.4, 0.5) is 0 Å². The molecule has 0 fully saturated rings. The van der Waals surface area contributed by atoms with E-state index in [1.165, 1.54) is 0 Å². The molecule has 1 aromatic rings. The second-order valence-electron chi connectivity index (χ2n) is 5.18. The molecule has 98 valence electrons. The lowest BCUT2D eigenvalue weighted by Gasteiger charge is -2.14. The molecular formula is C12H23N3O2. The average Bonchev–Trinajstić information content (AvgIpc) is 2.66. The number of nitrogens with zero attached hydrogens (tertiary/aromatic N) is 2. The van der Waals surface area contributed by atoms with Crippen LogP contribution in [-0.2, 0) is 16.6 Å². The molecule has 1 rings (SSSR count). The Bertz CT molecular complexity index is 325. The van der Waals surface area contributed by atoms with Crippen LogP contribution in [-0.4, -0.2) is 36.4 Å². The molecule has 5 heteroatoms. The first kappa shape index (κ1) is 14.1. The summed E-state index contributed by atoms with van der Waals surface area (Å²) in [4.78, 5) is 4.41. The van der Waals surface area contributed by atoms with Crippen LogP contribution in [0.15, 0.2) is 4.52 Å². The van der Waals surface area contributed by atoms with Gasteiger partial charge in [-0.2, -0.15) is 4.98 Å². The number of hydrogen-bond acceptors (Lipinski definition) is 5. The second-order valence-corrected chi connectivity index (χ2v) is 5.18. The minimum absolute atomic E-state index is 0.0727. The first-order chi connectivity index (χ1) is 7.97. The van der Waals surface area contributed by atoms with Gasteiger partial charge < -0.3 is 14.6 Å². The summed E-state index contributed by atoms with van der Waals surface area (Å²) >= 11 is 0. The van der Waals surface area contributed by atoms with Crippen LogP contribution >= 0.6 is 0 Å². The predicted molar refractivity (Wildman–Crippen MR) is 66.0 cm³/mol. The van der Waals surface area contributed by atoms with Crippen molar-refractivity contribution in [3.63, 3.8) is 0 Å². The molecule has 0 saturated heterocycles. The third-order valence-corrected chi connectivity index (χ3v) is 2.42. The van der Waals surface area contributed by atoms with E-state index >= 15 is 0 Å². The van der Waals surface area contributed by atoms with Crippen molar-refractivity contribution in [1.82, 2.24) is 15.5 Å². The molecule has 0 radical (unpaired) electrons. The van der Waals surface area contributed by atoms with Crippen molar-refractivity contribution in [3.8, 4) is 0 Å². The lowest BCUT2D eigenvalue weighted by atomic mass is 9.96. The molecule has 0 saturated carbocycles. The van der Waals surface area contributed by atoms with E-state index in [4.69, 9.17) is 9.26 Å². The fourth-order valence-corrected chi connectivity index (χ4v) is 1.53. The van der Waals surface area contributed by atoms with E-state index in [0.717, 1.165) is 12.4 Å². The van der Waals surface area contributed by atoms with Crippen molar-refractivity contribution < 1.29 is 9.26 Å². The summed E-state index contributed by atoms with van der Waals surface area (Å²) in [6, 6.07) is 0.221. The molecule has 0 bridgehead atoms. The lowest BCUT2D eigenvalue weighted by molar-refractivity contribution is 0.162. The SMILES string of the molecule is CCNC(COC)Cc1nc(C(C)(C)C)no1. The molecule has 1 atom stereocenters. The van der Waals surface area contributed by atoms with Crippen molar-refractivity contribution in [3.05, 3.63) is 11.7 Å². The van der Waals surface area contributed by atoms with Crippen LogP contribution in [0, 0.1) is 0 Å². The molecule has 0 amide bonds. The van der Waals surface area contributed by atoms with Gasteiger partial charge in [-0.25, -0.2) is 0 Å². The molecule has 1 unspecified atom stereocenters. The standard InChI is InChI=1S/C12H23N3O2/c1-6-13-9(8-16-5)7-10-14-11(15-17-10)12(2,3)4/h9,13H,6-8H2,1-5H3. The molecule has 0 aliphatic heterocycles. The van der Waals surface area contributed by atoms with Crippen LogP contribution in [0.3, 0.4) is 0 Å². The fourth-order valence-electron chi connectivity index (χ4n) is 1.53. The number of methoxy groups -OCH3 is 1. The maximum Gasteiger partial charge on any atom is 0.228 e. The van der Waals surface area contributed by atoms with Crippen LogP contribution in [0.1, 0.15) is 39.4 Å². The zero-order valence-corrected chi connectivity index (χ0v) is 11.4. The summed E-state index contributed by atoms with van der Waals surface area (Å²) in [5.74, 6) is 1.41. The van der Waals surface area contributed by atoms with Gasteiger partial charge in [-0.3, -0.25) is 0 Å². The lowest BCUT2D eigenvalue weighted by Crippen LogP contribution is -2.35. The Morgan fingerprint density at radius 2 is 2.12 bits per heavy atom. The van der Waals surface area contributed by atoms with Gasteiger partial charge in [0.2, 0.25) is 5.89 Å². The van der Waals surface area contributed by atoms with Crippen molar-refractivity contribution in [2.75, 3.05) is 20.3 Å².